The maximum absolute atomic E-state index is 5.52. The second kappa shape index (κ2) is 11.9. The zero-order valence-electron chi connectivity index (χ0n) is 19.3. The molecule has 4 rings (SSSR count). The lowest BCUT2D eigenvalue weighted by Gasteiger charge is -2.34. The molecule has 0 aliphatic carbocycles. The Bertz CT molecular complexity index is 797. The number of furan rings is 1. The second-order valence-corrected chi connectivity index (χ2v) is 9.00. The average molecular weight is 440 g/mol. The van der Waals surface area contributed by atoms with E-state index < -0.39 is 0 Å². The Hall–Kier alpha value is -2.54. The summed E-state index contributed by atoms with van der Waals surface area (Å²) >= 11 is 0. The highest BCUT2D eigenvalue weighted by Gasteiger charge is 2.21. The van der Waals surface area contributed by atoms with Crippen molar-refractivity contribution in [2.75, 3.05) is 57.9 Å². The number of aromatic nitrogens is 1. The number of guanidine groups is 1. The molecule has 4 heterocycles. The van der Waals surface area contributed by atoms with Crippen LogP contribution in [0.1, 0.15) is 31.4 Å². The van der Waals surface area contributed by atoms with Crippen LogP contribution in [0.25, 0.3) is 0 Å². The summed E-state index contributed by atoms with van der Waals surface area (Å²) in [6.07, 6.45) is 11.2. The number of ether oxygens (including phenoxy) is 1. The third-order valence-electron chi connectivity index (χ3n) is 6.63. The largest absolute Gasteiger partial charge is 0.469 e. The van der Waals surface area contributed by atoms with Gasteiger partial charge in [0, 0.05) is 76.8 Å². The van der Waals surface area contributed by atoms with Crippen LogP contribution in [0.4, 0.5) is 5.69 Å². The van der Waals surface area contributed by atoms with Gasteiger partial charge in [-0.25, -0.2) is 0 Å². The summed E-state index contributed by atoms with van der Waals surface area (Å²) in [5, 5.41) is 3.56. The number of hydrogen-bond donors (Lipinski definition) is 1. The minimum absolute atomic E-state index is 0.544. The van der Waals surface area contributed by atoms with E-state index in [-0.39, 0.29) is 0 Å². The summed E-state index contributed by atoms with van der Waals surface area (Å²) in [6.45, 7) is 6.64. The lowest BCUT2D eigenvalue weighted by atomic mass is 9.93. The molecule has 1 N–H and O–H groups in total. The van der Waals surface area contributed by atoms with Crippen LogP contribution < -0.4 is 10.2 Å². The maximum atomic E-state index is 5.52. The van der Waals surface area contributed by atoms with Gasteiger partial charge in [0.1, 0.15) is 5.76 Å². The average Bonchev–Trinajstić information content (AvgIpc) is 3.55. The molecule has 2 aliphatic heterocycles. The van der Waals surface area contributed by atoms with Crippen LogP contribution in [0.5, 0.6) is 0 Å². The van der Waals surface area contributed by atoms with Gasteiger partial charge in [-0.1, -0.05) is 0 Å². The van der Waals surface area contributed by atoms with Gasteiger partial charge >= 0.3 is 0 Å². The molecular weight excluding hydrogens is 402 g/mol. The van der Waals surface area contributed by atoms with Crippen LogP contribution in [0.2, 0.25) is 0 Å². The predicted molar refractivity (Wildman–Crippen MR) is 128 cm³/mol. The molecule has 0 saturated carbocycles. The fourth-order valence-electron chi connectivity index (χ4n) is 4.52. The summed E-state index contributed by atoms with van der Waals surface area (Å²) in [7, 11) is 2.16. The Morgan fingerprint density at radius 2 is 2.03 bits per heavy atom. The monoisotopic (exact) mass is 439 g/mol. The van der Waals surface area contributed by atoms with Crippen molar-refractivity contribution in [2.24, 2.45) is 16.8 Å². The number of hydrogen-bond acceptors (Lipinski definition) is 5. The van der Waals surface area contributed by atoms with Gasteiger partial charge in [-0.3, -0.25) is 9.98 Å². The molecular formula is C25H37N5O2. The van der Waals surface area contributed by atoms with Crippen molar-refractivity contribution in [3.8, 4) is 0 Å². The Morgan fingerprint density at radius 1 is 1.19 bits per heavy atom. The van der Waals surface area contributed by atoms with E-state index in [1.165, 1.54) is 24.9 Å². The Morgan fingerprint density at radius 3 is 2.75 bits per heavy atom. The van der Waals surface area contributed by atoms with Crippen LogP contribution in [0, 0.1) is 11.8 Å². The minimum Gasteiger partial charge on any atom is -0.469 e. The van der Waals surface area contributed by atoms with Crippen molar-refractivity contribution < 1.29 is 9.15 Å². The lowest BCUT2D eigenvalue weighted by Crippen LogP contribution is -2.42. The molecule has 7 nitrogen and oxygen atoms in total. The van der Waals surface area contributed by atoms with Gasteiger partial charge in [-0.05, 0) is 55.9 Å². The predicted octanol–water partition coefficient (Wildman–Crippen LogP) is 3.44. The number of aliphatic imine (C=N–C) groups is 1. The van der Waals surface area contributed by atoms with Gasteiger partial charge in [-0.15, -0.1) is 0 Å². The second-order valence-electron chi connectivity index (χ2n) is 9.00. The van der Waals surface area contributed by atoms with E-state index >= 15 is 0 Å². The topological polar surface area (TPSA) is 66.1 Å². The van der Waals surface area contributed by atoms with Crippen molar-refractivity contribution in [2.45, 2.75) is 32.1 Å². The van der Waals surface area contributed by atoms with Crippen LogP contribution in [0.3, 0.4) is 0 Å². The third-order valence-corrected chi connectivity index (χ3v) is 6.63. The molecule has 2 aromatic rings. The molecule has 2 aliphatic rings. The van der Waals surface area contributed by atoms with Crippen molar-refractivity contribution in [3.63, 3.8) is 0 Å². The molecule has 2 fully saturated rings. The van der Waals surface area contributed by atoms with Crippen LogP contribution in [0.15, 0.2) is 52.3 Å². The Labute approximate surface area is 191 Å². The molecule has 174 valence electrons. The molecule has 2 saturated heterocycles. The highest BCUT2D eigenvalue weighted by atomic mass is 16.5. The standard InChI is InChI=1S/C25H37N5O2/c1-29(14-7-21-8-15-30(16-9-21)23-4-11-26-12-5-23)25(28-19-22-10-18-31-20-22)27-13-6-24-3-2-17-32-24/h2-5,11-12,17,21-22H,6-10,13-16,18-20H2,1H3,(H,27,28). The fourth-order valence-corrected chi connectivity index (χ4v) is 4.52. The third kappa shape index (κ3) is 6.73. The minimum atomic E-state index is 0.544. The molecule has 1 atom stereocenters. The summed E-state index contributed by atoms with van der Waals surface area (Å²) in [5.74, 6) is 3.31. The summed E-state index contributed by atoms with van der Waals surface area (Å²) in [6, 6.07) is 8.19. The van der Waals surface area contributed by atoms with E-state index in [1.54, 1.807) is 6.26 Å². The zero-order chi connectivity index (χ0) is 22.0. The van der Waals surface area contributed by atoms with E-state index in [0.717, 1.165) is 76.4 Å². The molecule has 2 aromatic heterocycles. The first kappa shape index (κ1) is 22.6. The molecule has 1 unspecified atom stereocenters. The normalized spacial score (nSPS) is 20.0. The first-order valence-corrected chi connectivity index (χ1v) is 12.0. The number of nitrogens with zero attached hydrogens (tertiary/aromatic N) is 4. The highest BCUT2D eigenvalue weighted by molar-refractivity contribution is 5.79. The quantitative estimate of drug-likeness (QED) is 0.477. The van der Waals surface area contributed by atoms with Gasteiger partial charge in [0.15, 0.2) is 5.96 Å². The molecule has 0 amide bonds. The van der Waals surface area contributed by atoms with Crippen molar-refractivity contribution in [1.82, 2.24) is 15.2 Å². The SMILES string of the molecule is CN(CCC1CCN(c2ccncc2)CC1)C(=NCC1CCOC1)NCCc1ccco1. The molecule has 0 aromatic carbocycles. The first-order chi connectivity index (χ1) is 15.8. The van der Waals surface area contributed by atoms with E-state index in [4.69, 9.17) is 14.1 Å². The summed E-state index contributed by atoms with van der Waals surface area (Å²) in [5.41, 5.74) is 1.29. The summed E-state index contributed by atoms with van der Waals surface area (Å²) in [4.78, 5) is 13.9. The number of nitrogens with one attached hydrogen (secondary N) is 1. The highest BCUT2D eigenvalue weighted by Crippen LogP contribution is 2.25. The van der Waals surface area contributed by atoms with Gasteiger partial charge in [-0.2, -0.15) is 0 Å². The smallest absolute Gasteiger partial charge is 0.193 e. The zero-order valence-corrected chi connectivity index (χ0v) is 19.3. The van der Waals surface area contributed by atoms with Crippen molar-refractivity contribution >= 4 is 11.6 Å². The van der Waals surface area contributed by atoms with Crippen molar-refractivity contribution in [3.05, 3.63) is 48.7 Å². The van der Waals surface area contributed by atoms with Crippen LogP contribution in [-0.2, 0) is 11.2 Å². The number of anilines is 1. The Kier molecular flexibility index (Phi) is 8.42. The van der Waals surface area contributed by atoms with Gasteiger partial charge in [0.05, 0.1) is 12.9 Å². The molecule has 7 heteroatoms. The van der Waals surface area contributed by atoms with E-state index in [0.29, 0.717) is 5.92 Å². The fraction of sp³-hybridized carbons (Fsp3) is 0.600. The van der Waals surface area contributed by atoms with E-state index in [2.05, 4.69) is 39.3 Å². The molecule has 32 heavy (non-hydrogen) atoms. The maximum Gasteiger partial charge on any atom is 0.193 e. The summed E-state index contributed by atoms with van der Waals surface area (Å²) < 4.78 is 11.0. The number of rotatable bonds is 9. The van der Waals surface area contributed by atoms with E-state index in [1.807, 2.05) is 24.5 Å². The number of piperidine rings is 1. The molecule has 0 bridgehead atoms. The van der Waals surface area contributed by atoms with Crippen molar-refractivity contribution in [1.29, 1.82) is 0 Å². The van der Waals surface area contributed by atoms with Gasteiger partial charge in [0.25, 0.3) is 0 Å². The first-order valence-electron chi connectivity index (χ1n) is 12.0. The lowest BCUT2D eigenvalue weighted by molar-refractivity contribution is 0.187. The van der Waals surface area contributed by atoms with Crippen LogP contribution >= 0.6 is 0 Å². The Balaban J connectivity index is 1.24. The number of pyridine rings is 1. The molecule has 0 radical (unpaired) electrons. The molecule has 0 spiro atoms. The van der Waals surface area contributed by atoms with E-state index in [9.17, 15) is 0 Å². The van der Waals surface area contributed by atoms with Crippen LogP contribution in [-0.4, -0.2) is 68.8 Å². The van der Waals surface area contributed by atoms with Gasteiger partial charge in [0.2, 0.25) is 0 Å². The van der Waals surface area contributed by atoms with Gasteiger partial charge < -0.3 is 24.3 Å².